The Morgan fingerprint density at radius 1 is 1.20 bits per heavy atom. The van der Waals surface area contributed by atoms with Gasteiger partial charge in [-0.25, -0.2) is 4.39 Å². The molecule has 0 spiro atoms. The highest BCUT2D eigenvalue weighted by Gasteiger charge is 2.13. The van der Waals surface area contributed by atoms with Crippen LogP contribution in [-0.4, -0.2) is 5.78 Å². The largest absolute Gasteiger partial charge is 0.294 e. The molecule has 0 radical (unpaired) electrons. The fourth-order valence-corrected chi connectivity index (χ4v) is 2.38. The maximum atomic E-state index is 13.9. The van der Waals surface area contributed by atoms with Crippen molar-refractivity contribution in [3.8, 4) is 11.1 Å². The summed E-state index contributed by atoms with van der Waals surface area (Å²) in [7, 11) is 0. The first-order valence-electron chi connectivity index (χ1n) is 6.50. The second kappa shape index (κ2) is 5.76. The molecule has 0 aliphatic heterocycles. The normalized spacial score (nSPS) is 10.9. The molecule has 104 valence electrons. The van der Waals surface area contributed by atoms with E-state index in [1.54, 1.807) is 0 Å². The first-order chi connectivity index (χ1) is 9.40. The van der Waals surface area contributed by atoms with Crippen molar-refractivity contribution in [1.29, 1.82) is 0 Å². The van der Waals surface area contributed by atoms with Crippen LogP contribution in [0.3, 0.4) is 0 Å². The van der Waals surface area contributed by atoms with Crippen molar-refractivity contribution < 1.29 is 9.18 Å². The molecule has 0 fully saturated rings. The number of carbonyl (C=O) groups is 1. The van der Waals surface area contributed by atoms with E-state index < -0.39 is 5.82 Å². The standard InChI is InChI=1S/C17H16ClFO/c1-10(2)12-5-4-6-13(7-12)15-9-17(19)14(11(3)20)8-16(15)18/h4-10H,1-3H3. The lowest BCUT2D eigenvalue weighted by Gasteiger charge is -2.11. The van der Waals surface area contributed by atoms with Crippen LogP contribution in [0.1, 0.15) is 42.6 Å². The highest BCUT2D eigenvalue weighted by molar-refractivity contribution is 6.33. The maximum Gasteiger partial charge on any atom is 0.162 e. The first-order valence-corrected chi connectivity index (χ1v) is 6.88. The van der Waals surface area contributed by atoms with E-state index in [9.17, 15) is 9.18 Å². The van der Waals surface area contributed by atoms with Crippen molar-refractivity contribution >= 4 is 17.4 Å². The van der Waals surface area contributed by atoms with Gasteiger partial charge in [0.15, 0.2) is 5.78 Å². The lowest BCUT2D eigenvalue weighted by atomic mass is 9.96. The lowest BCUT2D eigenvalue weighted by molar-refractivity contribution is 0.101. The van der Waals surface area contributed by atoms with Gasteiger partial charge in [-0.2, -0.15) is 0 Å². The molecule has 0 heterocycles. The van der Waals surface area contributed by atoms with E-state index in [1.165, 1.54) is 19.1 Å². The zero-order chi connectivity index (χ0) is 14.9. The average molecular weight is 291 g/mol. The van der Waals surface area contributed by atoms with E-state index in [-0.39, 0.29) is 11.3 Å². The minimum Gasteiger partial charge on any atom is -0.294 e. The number of rotatable bonds is 3. The van der Waals surface area contributed by atoms with Crippen molar-refractivity contribution in [3.05, 3.63) is 58.4 Å². The van der Waals surface area contributed by atoms with Gasteiger partial charge in [-0.3, -0.25) is 4.79 Å². The summed E-state index contributed by atoms with van der Waals surface area (Å²) >= 11 is 6.19. The van der Waals surface area contributed by atoms with Gasteiger partial charge in [0.25, 0.3) is 0 Å². The molecule has 2 aromatic carbocycles. The summed E-state index contributed by atoms with van der Waals surface area (Å²) in [6, 6.07) is 10.6. The van der Waals surface area contributed by atoms with Crippen molar-refractivity contribution in [2.75, 3.05) is 0 Å². The summed E-state index contributed by atoms with van der Waals surface area (Å²) in [6.07, 6.45) is 0. The molecule has 0 amide bonds. The molecule has 0 saturated heterocycles. The number of Topliss-reactive ketones (excluding diaryl/α,β-unsaturated/α-hetero) is 1. The maximum absolute atomic E-state index is 13.9. The lowest BCUT2D eigenvalue weighted by Crippen LogP contribution is -1.98. The minimum atomic E-state index is -0.535. The molecule has 0 aliphatic rings. The van der Waals surface area contributed by atoms with Crippen molar-refractivity contribution in [1.82, 2.24) is 0 Å². The van der Waals surface area contributed by atoms with E-state index >= 15 is 0 Å². The summed E-state index contributed by atoms with van der Waals surface area (Å²) in [6.45, 7) is 5.52. The van der Waals surface area contributed by atoms with Crippen LogP contribution in [0, 0.1) is 5.82 Å². The fourth-order valence-electron chi connectivity index (χ4n) is 2.10. The van der Waals surface area contributed by atoms with Crippen molar-refractivity contribution in [3.63, 3.8) is 0 Å². The Hall–Kier alpha value is -1.67. The van der Waals surface area contributed by atoms with E-state index in [0.29, 0.717) is 16.5 Å². The predicted molar refractivity (Wildman–Crippen MR) is 80.9 cm³/mol. The Bertz CT molecular complexity index is 662. The number of benzene rings is 2. The van der Waals surface area contributed by atoms with Gasteiger partial charge < -0.3 is 0 Å². The monoisotopic (exact) mass is 290 g/mol. The molecule has 0 N–H and O–H groups in total. The minimum absolute atomic E-state index is 0.0266. The summed E-state index contributed by atoms with van der Waals surface area (Å²) in [4.78, 5) is 11.3. The van der Waals surface area contributed by atoms with Gasteiger partial charge in [0, 0.05) is 10.6 Å². The van der Waals surface area contributed by atoms with E-state index in [2.05, 4.69) is 13.8 Å². The van der Waals surface area contributed by atoms with Crippen LogP contribution in [0.25, 0.3) is 11.1 Å². The third-order valence-corrected chi connectivity index (χ3v) is 3.61. The Kier molecular flexibility index (Phi) is 4.24. The van der Waals surface area contributed by atoms with Crippen LogP contribution in [0.15, 0.2) is 36.4 Å². The summed E-state index contributed by atoms with van der Waals surface area (Å²) < 4.78 is 13.9. The van der Waals surface area contributed by atoms with Gasteiger partial charge in [-0.15, -0.1) is 0 Å². The van der Waals surface area contributed by atoms with Gasteiger partial charge in [-0.05, 0) is 36.1 Å². The first kappa shape index (κ1) is 14.7. The average Bonchev–Trinajstić information content (AvgIpc) is 2.40. The van der Waals surface area contributed by atoms with Crippen LogP contribution in [0.2, 0.25) is 5.02 Å². The number of hydrogen-bond donors (Lipinski definition) is 0. The van der Waals surface area contributed by atoms with Crippen LogP contribution in [0.4, 0.5) is 4.39 Å². The molecule has 2 rings (SSSR count). The van der Waals surface area contributed by atoms with Gasteiger partial charge in [-0.1, -0.05) is 49.7 Å². The topological polar surface area (TPSA) is 17.1 Å². The molecule has 0 aromatic heterocycles. The van der Waals surface area contributed by atoms with Crippen LogP contribution in [-0.2, 0) is 0 Å². The van der Waals surface area contributed by atoms with Crippen LogP contribution >= 0.6 is 11.6 Å². The third kappa shape index (κ3) is 2.91. The smallest absolute Gasteiger partial charge is 0.162 e. The van der Waals surface area contributed by atoms with E-state index in [0.717, 1.165) is 11.1 Å². The van der Waals surface area contributed by atoms with E-state index in [1.807, 2.05) is 24.3 Å². The van der Waals surface area contributed by atoms with Crippen LogP contribution < -0.4 is 0 Å². The predicted octanol–water partition coefficient (Wildman–Crippen LogP) is 5.47. The SMILES string of the molecule is CC(=O)c1cc(Cl)c(-c2cccc(C(C)C)c2)cc1F. The number of carbonyl (C=O) groups excluding carboxylic acids is 1. The summed E-state index contributed by atoms with van der Waals surface area (Å²) in [5, 5.41) is 0.387. The van der Waals surface area contributed by atoms with Crippen molar-refractivity contribution in [2.45, 2.75) is 26.7 Å². The van der Waals surface area contributed by atoms with Crippen molar-refractivity contribution in [2.24, 2.45) is 0 Å². The molecule has 0 bridgehead atoms. The molecule has 20 heavy (non-hydrogen) atoms. The highest BCUT2D eigenvalue weighted by Crippen LogP contribution is 2.32. The summed E-state index contributed by atoms with van der Waals surface area (Å²) in [5.74, 6) is -0.478. The second-order valence-corrected chi connectivity index (χ2v) is 5.56. The zero-order valence-electron chi connectivity index (χ0n) is 11.7. The molecule has 1 nitrogen and oxygen atoms in total. The van der Waals surface area contributed by atoms with Gasteiger partial charge in [0.2, 0.25) is 0 Å². The van der Waals surface area contributed by atoms with Gasteiger partial charge in [0.1, 0.15) is 5.82 Å². The number of ketones is 1. The Labute approximate surface area is 123 Å². The molecule has 0 aliphatic carbocycles. The van der Waals surface area contributed by atoms with E-state index in [4.69, 9.17) is 11.6 Å². The molecule has 0 atom stereocenters. The molecular weight excluding hydrogens is 275 g/mol. The number of hydrogen-bond acceptors (Lipinski definition) is 1. The molecular formula is C17H16ClFO. The molecule has 3 heteroatoms. The zero-order valence-corrected chi connectivity index (χ0v) is 12.5. The van der Waals surface area contributed by atoms with Gasteiger partial charge >= 0.3 is 0 Å². The Morgan fingerprint density at radius 3 is 2.50 bits per heavy atom. The van der Waals surface area contributed by atoms with Crippen LogP contribution in [0.5, 0.6) is 0 Å². The molecule has 0 unspecified atom stereocenters. The highest BCUT2D eigenvalue weighted by atomic mass is 35.5. The molecule has 0 saturated carbocycles. The molecule has 2 aromatic rings. The number of halogens is 2. The summed E-state index contributed by atoms with van der Waals surface area (Å²) in [5.41, 5.74) is 2.65. The van der Waals surface area contributed by atoms with Gasteiger partial charge in [0.05, 0.1) is 5.56 Å². The fraction of sp³-hybridized carbons (Fsp3) is 0.235. The Morgan fingerprint density at radius 2 is 1.90 bits per heavy atom. The second-order valence-electron chi connectivity index (χ2n) is 5.15. The quantitative estimate of drug-likeness (QED) is 0.685. The third-order valence-electron chi connectivity index (χ3n) is 3.30. The Balaban J connectivity index is 2.56.